The maximum Gasteiger partial charge on any atom is 0.262 e. The summed E-state index contributed by atoms with van der Waals surface area (Å²) < 4.78 is 1.43. The molecule has 0 saturated carbocycles. The molecular formula is C20H21N5O3. The zero-order valence-electron chi connectivity index (χ0n) is 15.7. The van der Waals surface area contributed by atoms with Crippen LogP contribution < -0.4 is 21.7 Å². The Balaban J connectivity index is 1.65. The van der Waals surface area contributed by atoms with E-state index < -0.39 is 5.91 Å². The second-order valence-corrected chi connectivity index (χ2v) is 6.17. The van der Waals surface area contributed by atoms with Gasteiger partial charge >= 0.3 is 0 Å². The number of rotatable bonds is 6. The first kappa shape index (κ1) is 19.1. The van der Waals surface area contributed by atoms with Gasteiger partial charge in [-0.1, -0.05) is 30.3 Å². The number of amides is 2. The van der Waals surface area contributed by atoms with Gasteiger partial charge in [-0.25, -0.2) is 4.98 Å². The number of carbonyl (C=O) groups is 2. The summed E-state index contributed by atoms with van der Waals surface area (Å²) in [4.78, 5) is 41.2. The fourth-order valence-electron chi connectivity index (χ4n) is 2.81. The Hall–Kier alpha value is -3.68. The van der Waals surface area contributed by atoms with Crippen molar-refractivity contribution in [2.24, 2.45) is 0 Å². The van der Waals surface area contributed by atoms with E-state index in [4.69, 9.17) is 0 Å². The minimum atomic E-state index is -0.466. The third-order valence-corrected chi connectivity index (χ3v) is 4.29. The summed E-state index contributed by atoms with van der Waals surface area (Å²) >= 11 is 0. The predicted octanol–water partition coefficient (Wildman–Crippen LogP) is 1.60. The molecule has 3 N–H and O–H groups in total. The molecule has 1 aromatic heterocycles. The molecule has 8 nitrogen and oxygen atoms in total. The van der Waals surface area contributed by atoms with Gasteiger partial charge in [-0.15, -0.1) is 0 Å². The van der Waals surface area contributed by atoms with Crippen LogP contribution in [-0.2, 0) is 11.3 Å². The first-order valence-electron chi connectivity index (χ1n) is 8.89. The molecule has 0 aliphatic rings. The van der Waals surface area contributed by atoms with Crippen molar-refractivity contribution in [2.75, 3.05) is 12.0 Å². The number of para-hydroxylation sites is 1. The van der Waals surface area contributed by atoms with Crippen LogP contribution in [0.5, 0.6) is 0 Å². The van der Waals surface area contributed by atoms with Crippen molar-refractivity contribution in [3.63, 3.8) is 0 Å². The Morgan fingerprint density at radius 3 is 2.54 bits per heavy atom. The monoisotopic (exact) mass is 379 g/mol. The third-order valence-electron chi connectivity index (χ3n) is 4.29. The number of benzene rings is 2. The third kappa shape index (κ3) is 4.01. The highest BCUT2D eigenvalue weighted by atomic mass is 16.2. The lowest BCUT2D eigenvalue weighted by molar-refractivity contribution is -0.119. The van der Waals surface area contributed by atoms with E-state index in [9.17, 15) is 14.4 Å². The molecule has 28 heavy (non-hydrogen) atoms. The number of aryl methyl sites for hydroxylation is 1. The molecule has 0 saturated heterocycles. The Kier molecular flexibility index (Phi) is 5.69. The number of anilines is 1. The lowest BCUT2D eigenvalue weighted by Gasteiger charge is -2.14. The van der Waals surface area contributed by atoms with E-state index in [0.717, 1.165) is 5.56 Å². The second-order valence-electron chi connectivity index (χ2n) is 6.17. The molecule has 1 heterocycles. The molecule has 0 aliphatic heterocycles. The molecule has 0 atom stereocenters. The highest BCUT2D eigenvalue weighted by Crippen LogP contribution is 2.10. The standard InChI is InChI=1S/C20H21N5O3/c1-3-25-19(28)15-10-6-7-11-16(15)22-20(25)24-23-17(26)12-21-18(27)14-9-5-4-8-13(14)2/h4-11H,3,12H2,1-2H3,(H,21,27)(H,22,24)(H,23,26). The van der Waals surface area contributed by atoms with Crippen LogP contribution >= 0.6 is 0 Å². The number of hydrogen-bond donors (Lipinski definition) is 3. The van der Waals surface area contributed by atoms with Crippen LogP contribution in [0.3, 0.4) is 0 Å². The van der Waals surface area contributed by atoms with E-state index in [2.05, 4.69) is 21.2 Å². The van der Waals surface area contributed by atoms with Gasteiger partial charge in [0.25, 0.3) is 17.4 Å². The van der Waals surface area contributed by atoms with Gasteiger partial charge in [-0.05, 0) is 37.6 Å². The average molecular weight is 379 g/mol. The topological polar surface area (TPSA) is 105 Å². The van der Waals surface area contributed by atoms with E-state index in [1.165, 1.54) is 4.57 Å². The van der Waals surface area contributed by atoms with Gasteiger partial charge in [0.2, 0.25) is 5.95 Å². The van der Waals surface area contributed by atoms with Crippen LogP contribution in [-0.4, -0.2) is 27.9 Å². The van der Waals surface area contributed by atoms with Gasteiger partial charge in [-0.2, -0.15) is 0 Å². The number of hydrogen-bond acceptors (Lipinski definition) is 5. The highest BCUT2D eigenvalue weighted by Gasteiger charge is 2.12. The molecule has 3 aromatic rings. The summed E-state index contributed by atoms with van der Waals surface area (Å²) in [6, 6.07) is 14.1. The molecule has 0 aliphatic carbocycles. The zero-order chi connectivity index (χ0) is 20.1. The molecule has 0 spiro atoms. The Labute approximate surface area is 161 Å². The molecule has 144 valence electrons. The Morgan fingerprint density at radius 1 is 1.07 bits per heavy atom. The lowest BCUT2D eigenvalue weighted by atomic mass is 10.1. The largest absolute Gasteiger partial charge is 0.343 e. The molecule has 2 aromatic carbocycles. The molecule has 0 unspecified atom stereocenters. The number of hydrazine groups is 1. The normalized spacial score (nSPS) is 10.5. The summed E-state index contributed by atoms with van der Waals surface area (Å²) in [5.74, 6) is -0.570. The SMILES string of the molecule is CCn1c(NNC(=O)CNC(=O)c2ccccc2C)nc2ccccc2c1=O. The van der Waals surface area contributed by atoms with Gasteiger partial charge in [0, 0.05) is 12.1 Å². The van der Waals surface area contributed by atoms with E-state index in [0.29, 0.717) is 23.0 Å². The van der Waals surface area contributed by atoms with Crippen LogP contribution in [0.15, 0.2) is 53.3 Å². The molecule has 3 rings (SSSR count). The van der Waals surface area contributed by atoms with E-state index in [1.54, 1.807) is 36.4 Å². The zero-order valence-corrected chi connectivity index (χ0v) is 15.7. The number of nitrogens with one attached hydrogen (secondary N) is 3. The summed E-state index contributed by atoms with van der Waals surface area (Å²) in [6.45, 7) is 3.81. The van der Waals surface area contributed by atoms with Gasteiger partial charge in [0.05, 0.1) is 17.4 Å². The van der Waals surface area contributed by atoms with Gasteiger partial charge < -0.3 is 5.32 Å². The number of fused-ring (bicyclic) bond motifs is 1. The number of nitrogens with zero attached hydrogens (tertiary/aromatic N) is 2. The van der Waals surface area contributed by atoms with Crippen molar-refractivity contribution in [1.82, 2.24) is 20.3 Å². The summed E-state index contributed by atoms with van der Waals surface area (Å²) in [7, 11) is 0. The second kappa shape index (κ2) is 8.34. The first-order chi connectivity index (χ1) is 13.5. The quantitative estimate of drug-likeness (QED) is 0.564. The van der Waals surface area contributed by atoms with Crippen molar-refractivity contribution < 1.29 is 9.59 Å². The van der Waals surface area contributed by atoms with Crippen LogP contribution in [0.4, 0.5) is 5.95 Å². The molecule has 0 radical (unpaired) electrons. The molecule has 0 bridgehead atoms. The number of aromatic nitrogens is 2. The molecule has 8 heteroatoms. The van der Waals surface area contributed by atoms with E-state index >= 15 is 0 Å². The predicted molar refractivity (Wildman–Crippen MR) is 107 cm³/mol. The van der Waals surface area contributed by atoms with Crippen molar-refractivity contribution in [1.29, 1.82) is 0 Å². The summed E-state index contributed by atoms with van der Waals surface area (Å²) in [6.07, 6.45) is 0. The highest BCUT2D eigenvalue weighted by molar-refractivity contribution is 5.97. The number of carbonyl (C=O) groups excluding carboxylic acids is 2. The van der Waals surface area contributed by atoms with Crippen molar-refractivity contribution in [3.8, 4) is 0 Å². The van der Waals surface area contributed by atoms with Crippen molar-refractivity contribution >= 4 is 28.7 Å². The van der Waals surface area contributed by atoms with E-state index in [1.807, 2.05) is 26.0 Å². The first-order valence-corrected chi connectivity index (χ1v) is 8.89. The fourth-order valence-corrected chi connectivity index (χ4v) is 2.81. The minimum absolute atomic E-state index is 0.197. The van der Waals surface area contributed by atoms with Gasteiger partial charge in [0.15, 0.2) is 0 Å². The average Bonchev–Trinajstić information content (AvgIpc) is 2.71. The Bertz CT molecular complexity index is 1090. The minimum Gasteiger partial charge on any atom is -0.343 e. The van der Waals surface area contributed by atoms with E-state index in [-0.39, 0.29) is 24.0 Å². The van der Waals surface area contributed by atoms with Crippen molar-refractivity contribution in [3.05, 3.63) is 70.0 Å². The molecule has 2 amide bonds. The molecular weight excluding hydrogens is 358 g/mol. The van der Waals surface area contributed by atoms with Crippen molar-refractivity contribution in [2.45, 2.75) is 20.4 Å². The lowest BCUT2D eigenvalue weighted by Crippen LogP contribution is -2.41. The van der Waals surface area contributed by atoms with Gasteiger partial charge in [0.1, 0.15) is 0 Å². The van der Waals surface area contributed by atoms with Gasteiger partial charge in [-0.3, -0.25) is 29.8 Å². The smallest absolute Gasteiger partial charge is 0.262 e. The fraction of sp³-hybridized carbons (Fsp3) is 0.200. The Morgan fingerprint density at radius 2 is 1.79 bits per heavy atom. The van der Waals surface area contributed by atoms with Crippen LogP contribution in [0.25, 0.3) is 10.9 Å². The maximum absolute atomic E-state index is 12.5. The van der Waals surface area contributed by atoms with Crippen LogP contribution in [0.2, 0.25) is 0 Å². The van der Waals surface area contributed by atoms with Crippen LogP contribution in [0.1, 0.15) is 22.8 Å². The maximum atomic E-state index is 12.5. The van der Waals surface area contributed by atoms with Crippen LogP contribution in [0, 0.1) is 6.92 Å². The summed E-state index contributed by atoms with van der Waals surface area (Å²) in [5, 5.41) is 3.07. The summed E-state index contributed by atoms with van der Waals surface area (Å²) in [5.41, 5.74) is 6.80. The molecule has 0 fully saturated rings.